The van der Waals surface area contributed by atoms with Crippen LogP contribution in [0, 0.1) is 5.92 Å². The van der Waals surface area contributed by atoms with Crippen LogP contribution < -0.4 is 10.2 Å². The fourth-order valence-corrected chi connectivity index (χ4v) is 3.42. The van der Waals surface area contributed by atoms with Gasteiger partial charge >= 0.3 is 0 Å². The van der Waals surface area contributed by atoms with Gasteiger partial charge in [0.2, 0.25) is 0 Å². The lowest BCUT2D eigenvalue weighted by molar-refractivity contribution is 0.102. The number of carbonyl (C=O) groups excluding carboxylic acids is 1. The summed E-state index contributed by atoms with van der Waals surface area (Å²) in [5.41, 5.74) is 1.11. The predicted octanol–water partition coefficient (Wildman–Crippen LogP) is 4.12. The van der Waals surface area contributed by atoms with E-state index >= 15 is 0 Å². The normalized spacial score (nSPS) is 15.2. The van der Waals surface area contributed by atoms with Gasteiger partial charge in [0.15, 0.2) is 11.5 Å². The van der Waals surface area contributed by atoms with Crippen LogP contribution in [0.5, 0.6) is 0 Å². The molecule has 1 fully saturated rings. The summed E-state index contributed by atoms with van der Waals surface area (Å²) >= 11 is 0. The Morgan fingerprint density at radius 1 is 0.962 bits per heavy atom. The zero-order valence-electron chi connectivity index (χ0n) is 14.9. The topological polar surface area (TPSA) is 58.1 Å². The van der Waals surface area contributed by atoms with E-state index in [0.29, 0.717) is 5.69 Å². The number of para-hydroxylation sites is 1. The average molecular weight is 346 g/mol. The third kappa shape index (κ3) is 3.25. The van der Waals surface area contributed by atoms with Gasteiger partial charge in [0.05, 0.1) is 0 Å². The van der Waals surface area contributed by atoms with Crippen molar-refractivity contribution in [1.82, 2.24) is 10.2 Å². The van der Waals surface area contributed by atoms with E-state index in [1.54, 1.807) is 0 Å². The molecule has 4 rings (SSSR count). The van der Waals surface area contributed by atoms with E-state index in [-0.39, 0.29) is 5.91 Å². The molecule has 1 N–H and O–H groups in total. The Hall–Kier alpha value is -2.95. The van der Waals surface area contributed by atoms with Gasteiger partial charge in [-0.25, -0.2) is 0 Å². The van der Waals surface area contributed by atoms with Gasteiger partial charge in [0.1, 0.15) is 0 Å². The Kier molecular flexibility index (Phi) is 4.52. The molecule has 1 aliphatic rings. The van der Waals surface area contributed by atoms with E-state index in [1.165, 1.54) is 0 Å². The minimum atomic E-state index is -0.237. The van der Waals surface area contributed by atoms with Crippen molar-refractivity contribution in [2.24, 2.45) is 5.92 Å². The zero-order chi connectivity index (χ0) is 17.9. The van der Waals surface area contributed by atoms with E-state index in [0.717, 1.165) is 54.1 Å². The number of amides is 1. The standard InChI is InChI=1S/C21H22N4O/c1-15-11-13-25(14-12-15)20-18-10-6-5-9-17(18)19(23-24-20)21(26)22-16-7-3-2-4-8-16/h2-10,15H,11-14H2,1H3,(H,22,26). The second-order valence-corrected chi connectivity index (χ2v) is 6.91. The molecule has 3 aromatic rings. The number of benzene rings is 2. The van der Waals surface area contributed by atoms with Crippen LogP contribution in [0.1, 0.15) is 30.3 Å². The van der Waals surface area contributed by atoms with Crippen LogP contribution >= 0.6 is 0 Å². The fourth-order valence-electron chi connectivity index (χ4n) is 3.42. The summed E-state index contributed by atoms with van der Waals surface area (Å²) < 4.78 is 0. The molecule has 132 valence electrons. The van der Waals surface area contributed by atoms with Crippen molar-refractivity contribution in [2.75, 3.05) is 23.3 Å². The van der Waals surface area contributed by atoms with E-state index in [9.17, 15) is 4.79 Å². The highest BCUT2D eigenvalue weighted by molar-refractivity contribution is 6.12. The zero-order valence-corrected chi connectivity index (χ0v) is 14.9. The Labute approximate surface area is 153 Å². The van der Waals surface area contributed by atoms with E-state index in [4.69, 9.17) is 0 Å². The second-order valence-electron chi connectivity index (χ2n) is 6.91. The summed E-state index contributed by atoms with van der Waals surface area (Å²) in [5.74, 6) is 1.39. The van der Waals surface area contributed by atoms with Gasteiger partial charge in [0.25, 0.3) is 5.91 Å². The van der Waals surface area contributed by atoms with Crippen molar-refractivity contribution in [2.45, 2.75) is 19.8 Å². The van der Waals surface area contributed by atoms with Gasteiger partial charge in [-0.3, -0.25) is 4.79 Å². The summed E-state index contributed by atoms with van der Waals surface area (Å²) in [6, 6.07) is 17.3. The Balaban J connectivity index is 1.69. The molecule has 0 spiro atoms. The number of rotatable bonds is 3. The lowest BCUT2D eigenvalue weighted by Gasteiger charge is -2.31. The number of aromatic nitrogens is 2. The van der Waals surface area contributed by atoms with Gasteiger partial charge in [0, 0.05) is 29.5 Å². The molecule has 0 aliphatic carbocycles. The minimum Gasteiger partial charge on any atom is -0.355 e. The SMILES string of the molecule is CC1CCN(c2nnc(C(=O)Nc3ccccc3)c3ccccc23)CC1. The monoisotopic (exact) mass is 346 g/mol. The van der Waals surface area contributed by atoms with E-state index in [2.05, 4.69) is 27.3 Å². The van der Waals surface area contributed by atoms with Crippen LogP contribution in [-0.4, -0.2) is 29.2 Å². The Bertz CT molecular complexity index is 918. The third-order valence-corrected chi connectivity index (χ3v) is 5.00. The number of nitrogens with one attached hydrogen (secondary N) is 1. The number of nitrogens with zero attached hydrogens (tertiary/aromatic N) is 3. The highest BCUT2D eigenvalue weighted by Crippen LogP contribution is 2.29. The summed E-state index contributed by atoms with van der Waals surface area (Å²) in [5, 5.41) is 13.4. The number of anilines is 2. The fraction of sp³-hybridized carbons (Fsp3) is 0.286. The van der Waals surface area contributed by atoms with Crippen molar-refractivity contribution in [3.05, 3.63) is 60.3 Å². The summed E-state index contributed by atoms with van der Waals surface area (Å²) in [7, 11) is 0. The first kappa shape index (κ1) is 16.5. The maximum atomic E-state index is 12.7. The highest BCUT2D eigenvalue weighted by atomic mass is 16.1. The van der Waals surface area contributed by atoms with Crippen LogP contribution in [0.2, 0.25) is 0 Å². The van der Waals surface area contributed by atoms with Gasteiger partial charge in [-0.05, 0) is 30.9 Å². The molecule has 2 heterocycles. The molecule has 1 saturated heterocycles. The molecular weight excluding hydrogens is 324 g/mol. The number of hydrogen-bond acceptors (Lipinski definition) is 4. The number of hydrogen-bond donors (Lipinski definition) is 1. The minimum absolute atomic E-state index is 0.237. The summed E-state index contributed by atoms with van der Waals surface area (Å²) in [6.07, 6.45) is 2.32. The molecular formula is C21H22N4O. The molecule has 1 aromatic heterocycles. The number of carbonyl (C=O) groups is 1. The first-order valence-electron chi connectivity index (χ1n) is 9.09. The van der Waals surface area contributed by atoms with Crippen LogP contribution in [0.3, 0.4) is 0 Å². The smallest absolute Gasteiger partial charge is 0.276 e. The first-order chi connectivity index (χ1) is 12.7. The molecule has 1 aliphatic heterocycles. The van der Waals surface area contributed by atoms with Crippen molar-refractivity contribution in [3.8, 4) is 0 Å². The Morgan fingerprint density at radius 2 is 1.62 bits per heavy atom. The van der Waals surface area contributed by atoms with Gasteiger partial charge in [-0.1, -0.05) is 49.4 Å². The lowest BCUT2D eigenvalue weighted by atomic mass is 9.99. The van der Waals surface area contributed by atoms with Crippen LogP contribution in [0.4, 0.5) is 11.5 Å². The van der Waals surface area contributed by atoms with E-state index < -0.39 is 0 Å². The average Bonchev–Trinajstić information content (AvgIpc) is 2.68. The molecule has 0 atom stereocenters. The predicted molar refractivity (Wildman–Crippen MR) is 105 cm³/mol. The highest BCUT2D eigenvalue weighted by Gasteiger charge is 2.22. The lowest BCUT2D eigenvalue weighted by Crippen LogP contribution is -2.34. The third-order valence-electron chi connectivity index (χ3n) is 5.00. The van der Waals surface area contributed by atoms with Gasteiger partial charge in [-0.15, -0.1) is 10.2 Å². The number of piperidine rings is 1. The molecule has 5 nitrogen and oxygen atoms in total. The van der Waals surface area contributed by atoms with Crippen molar-refractivity contribution < 1.29 is 4.79 Å². The molecule has 26 heavy (non-hydrogen) atoms. The molecule has 0 radical (unpaired) electrons. The van der Waals surface area contributed by atoms with E-state index in [1.807, 2.05) is 54.6 Å². The molecule has 0 bridgehead atoms. The van der Waals surface area contributed by atoms with Crippen LogP contribution in [-0.2, 0) is 0 Å². The second kappa shape index (κ2) is 7.12. The molecule has 0 unspecified atom stereocenters. The molecule has 0 saturated carbocycles. The maximum absolute atomic E-state index is 12.7. The first-order valence-corrected chi connectivity index (χ1v) is 9.09. The molecule has 2 aromatic carbocycles. The van der Waals surface area contributed by atoms with Crippen LogP contribution in [0.15, 0.2) is 54.6 Å². The van der Waals surface area contributed by atoms with Crippen molar-refractivity contribution in [3.63, 3.8) is 0 Å². The largest absolute Gasteiger partial charge is 0.355 e. The van der Waals surface area contributed by atoms with Crippen molar-refractivity contribution >= 4 is 28.2 Å². The molecule has 5 heteroatoms. The van der Waals surface area contributed by atoms with Crippen molar-refractivity contribution in [1.29, 1.82) is 0 Å². The summed E-state index contributed by atoms with van der Waals surface area (Å²) in [6.45, 7) is 4.25. The summed E-state index contributed by atoms with van der Waals surface area (Å²) in [4.78, 5) is 15.0. The number of fused-ring (bicyclic) bond motifs is 1. The Morgan fingerprint density at radius 3 is 2.35 bits per heavy atom. The maximum Gasteiger partial charge on any atom is 0.276 e. The van der Waals surface area contributed by atoms with Crippen LogP contribution in [0.25, 0.3) is 10.8 Å². The van der Waals surface area contributed by atoms with Gasteiger partial charge in [-0.2, -0.15) is 0 Å². The quantitative estimate of drug-likeness (QED) is 0.775. The van der Waals surface area contributed by atoms with Gasteiger partial charge < -0.3 is 10.2 Å². The molecule has 1 amide bonds.